The smallest absolute Gasteiger partial charge is 0.301 e. The molecule has 0 spiro atoms. The summed E-state index contributed by atoms with van der Waals surface area (Å²) < 4.78 is 17.4. The second-order valence-corrected chi connectivity index (χ2v) is 9.86. The lowest BCUT2D eigenvalue weighted by Gasteiger charge is -2.23. The number of benzene rings is 3. The largest absolute Gasteiger partial charge is 0.507 e. The molecule has 10 heteroatoms. The summed E-state index contributed by atoms with van der Waals surface area (Å²) in [5, 5.41) is 12.3. The summed E-state index contributed by atoms with van der Waals surface area (Å²) in [6, 6.07) is 16.2. The fourth-order valence-electron chi connectivity index (χ4n) is 4.49. The van der Waals surface area contributed by atoms with E-state index in [0.29, 0.717) is 57.3 Å². The van der Waals surface area contributed by atoms with Gasteiger partial charge in [-0.1, -0.05) is 35.1 Å². The van der Waals surface area contributed by atoms with Crippen LogP contribution in [0.5, 0.6) is 17.2 Å². The van der Waals surface area contributed by atoms with Crippen LogP contribution in [0.4, 0.5) is 5.13 Å². The summed E-state index contributed by atoms with van der Waals surface area (Å²) in [7, 11) is 1.53. The molecule has 3 aromatic carbocycles. The maximum atomic E-state index is 13.5. The Morgan fingerprint density at radius 1 is 1.08 bits per heavy atom. The molecule has 0 bridgehead atoms. The number of thiazole rings is 1. The first-order valence-corrected chi connectivity index (χ1v) is 12.5. The first-order valence-electron chi connectivity index (χ1n) is 11.4. The van der Waals surface area contributed by atoms with Crippen LogP contribution in [0.1, 0.15) is 17.2 Å². The van der Waals surface area contributed by atoms with E-state index in [2.05, 4.69) is 4.98 Å². The molecule has 6 rings (SSSR count). The minimum atomic E-state index is -0.945. The van der Waals surface area contributed by atoms with E-state index in [-0.39, 0.29) is 11.3 Å². The lowest BCUT2D eigenvalue weighted by Crippen LogP contribution is -2.29. The molecule has 0 radical (unpaired) electrons. The van der Waals surface area contributed by atoms with Gasteiger partial charge in [0.25, 0.3) is 5.78 Å². The molecule has 0 saturated carbocycles. The van der Waals surface area contributed by atoms with Crippen molar-refractivity contribution in [3.05, 3.63) is 82.4 Å². The minimum Gasteiger partial charge on any atom is -0.507 e. The fourth-order valence-corrected chi connectivity index (χ4v) is 5.76. The number of halogens is 1. The first kappa shape index (κ1) is 23.3. The number of anilines is 1. The molecule has 1 N–H and O–H groups in total. The number of amides is 1. The molecule has 0 aliphatic carbocycles. The number of methoxy groups -OCH3 is 1. The van der Waals surface area contributed by atoms with E-state index in [9.17, 15) is 14.7 Å². The van der Waals surface area contributed by atoms with Gasteiger partial charge >= 0.3 is 5.91 Å². The Hall–Kier alpha value is -4.08. The molecule has 4 aromatic rings. The zero-order chi connectivity index (χ0) is 25.7. The van der Waals surface area contributed by atoms with Crippen molar-refractivity contribution in [2.75, 3.05) is 25.2 Å². The zero-order valence-electron chi connectivity index (χ0n) is 19.4. The number of rotatable bonds is 4. The number of fused-ring (bicyclic) bond motifs is 2. The average molecular weight is 535 g/mol. The number of aromatic nitrogens is 1. The third-order valence-electron chi connectivity index (χ3n) is 6.21. The number of aliphatic hydroxyl groups is 1. The summed E-state index contributed by atoms with van der Waals surface area (Å²) in [4.78, 5) is 32.8. The van der Waals surface area contributed by atoms with Gasteiger partial charge in [0.15, 0.2) is 16.6 Å². The molecule has 8 nitrogen and oxygen atoms in total. The Balaban J connectivity index is 1.55. The number of Topliss-reactive ketones (excluding diaryl/α,β-unsaturated/α-hetero) is 1. The van der Waals surface area contributed by atoms with Crippen LogP contribution in [0.25, 0.3) is 16.0 Å². The van der Waals surface area contributed by atoms with E-state index in [1.165, 1.54) is 23.3 Å². The number of ketones is 1. The Labute approximate surface area is 220 Å². The van der Waals surface area contributed by atoms with Crippen LogP contribution in [0.15, 0.2) is 66.2 Å². The van der Waals surface area contributed by atoms with Crippen LogP contribution < -0.4 is 19.1 Å². The maximum Gasteiger partial charge on any atom is 0.301 e. The number of nitrogens with zero attached hydrogens (tertiary/aromatic N) is 2. The van der Waals surface area contributed by atoms with Gasteiger partial charge in [0, 0.05) is 10.6 Å². The molecule has 1 saturated heterocycles. The van der Waals surface area contributed by atoms with Crippen molar-refractivity contribution < 1.29 is 28.9 Å². The molecule has 3 heterocycles. The van der Waals surface area contributed by atoms with Gasteiger partial charge in [-0.2, -0.15) is 0 Å². The minimum absolute atomic E-state index is 0.0628. The number of ether oxygens (including phenoxy) is 3. The van der Waals surface area contributed by atoms with E-state index in [4.69, 9.17) is 25.8 Å². The Bertz CT molecular complexity index is 1610. The van der Waals surface area contributed by atoms with E-state index in [1.54, 1.807) is 60.7 Å². The third kappa shape index (κ3) is 3.96. The van der Waals surface area contributed by atoms with Crippen LogP contribution in [0.3, 0.4) is 0 Å². The summed E-state index contributed by atoms with van der Waals surface area (Å²) in [6.07, 6.45) is 0. The van der Waals surface area contributed by atoms with Gasteiger partial charge in [0.05, 0.1) is 28.9 Å². The van der Waals surface area contributed by atoms with E-state index in [0.717, 1.165) is 4.70 Å². The van der Waals surface area contributed by atoms with Crippen molar-refractivity contribution in [3.8, 4) is 17.2 Å². The van der Waals surface area contributed by atoms with Crippen LogP contribution in [-0.2, 0) is 9.59 Å². The maximum absolute atomic E-state index is 13.5. The highest BCUT2D eigenvalue weighted by Gasteiger charge is 2.48. The average Bonchev–Trinajstić information content (AvgIpc) is 3.45. The molecule has 37 heavy (non-hydrogen) atoms. The molecule has 186 valence electrons. The molecular formula is C27H19ClN2O6S. The van der Waals surface area contributed by atoms with Crippen molar-refractivity contribution in [2.45, 2.75) is 6.04 Å². The number of hydrogen-bond donors (Lipinski definition) is 1. The van der Waals surface area contributed by atoms with E-state index in [1.807, 2.05) is 0 Å². The zero-order valence-corrected chi connectivity index (χ0v) is 21.0. The van der Waals surface area contributed by atoms with Crippen LogP contribution in [-0.4, -0.2) is 42.1 Å². The molecule has 2 aliphatic rings. The number of aliphatic hydroxyl groups excluding tert-OH is 1. The highest BCUT2D eigenvalue weighted by atomic mass is 35.5. The lowest BCUT2D eigenvalue weighted by atomic mass is 9.95. The van der Waals surface area contributed by atoms with Crippen molar-refractivity contribution in [1.82, 2.24) is 4.98 Å². The molecule has 1 amide bonds. The Morgan fingerprint density at radius 3 is 2.70 bits per heavy atom. The lowest BCUT2D eigenvalue weighted by molar-refractivity contribution is -0.132. The third-order valence-corrected chi connectivity index (χ3v) is 7.47. The topological polar surface area (TPSA) is 98.2 Å². The fraction of sp³-hybridized carbons (Fsp3) is 0.148. The SMILES string of the molecule is COc1cccc(C2/C(=C(/O)c3ccc4c(c3)OCCO4)C(=O)C(=O)N2c2nc3ccc(Cl)cc3s2)c1. The highest BCUT2D eigenvalue weighted by molar-refractivity contribution is 7.22. The molecule has 1 aromatic heterocycles. The first-order chi connectivity index (χ1) is 17.9. The monoisotopic (exact) mass is 534 g/mol. The van der Waals surface area contributed by atoms with Crippen LogP contribution in [0, 0.1) is 0 Å². The second-order valence-electron chi connectivity index (χ2n) is 8.41. The van der Waals surface area contributed by atoms with Crippen molar-refractivity contribution in [1.29, 1.82) is 0 Å². The number of carbonyl (C=O) groups is 2. The predicted molar refractivity (Wildman–Crippen MR) is 140 cm³/mol. The van der Waals surface area contributed by atoms with Gasteiger partial charge in [0.2, 0.25) is 0 Å². The molecule has 2 aliphatic heterocycles. The molecule has 1 atom stereocenters. The molecule has 1 unspecified atom stereocenters. The van der Waals surface area contributed by atoms with Crippen LogP contribution >= 0.6 is 22.9 Å². The van der Waals surface area contributed by atoms with E-state index < -0.39 is 17.7 Å². The van der Waals surface area contributed by atoms with Gasteiger partial charge in [-0.25, -0.2) is 4.98 Å². The van der Waals surface area contributed by atoms with Crippen molar-refractivity contribution >= 4 is 55.7 Å². The Morgan fingerprint density at radius 2 is 1.89 bits per heavy atom. The number of carbonyl (C=O) groups excluding carboxylic acids is 2. The molecule has 1 fully saturated rings. The van der Waals surface area contributed by atoms with Gasteiger partial charge in [-0.15, -0.1) is 0 Å². The number of hydrogen-bond acceptors (Lipinski definition) is 8. The summed E-state index contributed by atoms with van der Waals surface area (Å²) >= 11 is 7.39. The quantitative estimate of drug-likeness (QED) is 0.214. The Kier molecular flexibility index (Phi) is 5.73. The van der Waals surface area contributed by atoms with Gasteiger partial charge < -0.3 is 19.3 Å². The van der Waals surface area contributed by atoms with Gasteiger partial charge in [0.1, 0.15) is 24.7 Å². The summed E-state index contributed by atoms with van der Waals surface area (Å²) in [6.45, 7) is 0.791. The van der Waals surface area contributed by atoms with Gasteiger partial charge in [-0.3, -0.25) is 14.5 Å². The van der Waals surface area contributed by atoms with E-state index >= 15 is 0 Å². The second kappa shape index (κ2) is 9.10. The van der Waals surface area contributed by atoms with Gasteiger partial charge in [-0.05, 0) is 54.1 Å². The highest BCUT2D eigenvalue weighted by Crippen LogP contribution is 2.45. The van der Waals surface area contributed by atoms with Crippen LogP contribution in [0.2, 0.25) is 5.02 Å². The normalized spacial score (nSPS) is 18.4. The van der Waals surface area contributed by atoms with Crippen molar-refractivity contribution in [2.24, 2.45) is 0 Å². The standard InChI is InChI=1S/C27H19ClN2O6S/c1-34-17-4-2-3-14(11-17)23-22(24(31)15-5-8-19-20(12-15)36-10-9-35-19)25(32)26(33)30(23)27-29-18-7-6-16(28)13-21(18)37-27/h2-8,11-13,23,31H,9-10H2,1H3/b24-22-. The predicted octanol–water partition coefficient (Wildman–Crippen LogP) is 5.36. The molecular weight excluding hydrogens is 516 g/mol. The summed E-state index contributed by atoms with van der Waals surface area (Å²) in [5.41, 5.74) is 1.48. The summed E-state index contributed by atoms with van der Waals surface area (Å²) in [5.74, 6) is -0.408. The van der Waals surface area contributed by atoms with Crippen molar-refractivity contribution in [3.63, 3.8) is 0 Å².